The van der Waals surface area contributed by atoms with E-state index >= 15 is 0 Å². The van der Waals surface area contributed by atoms with E-state index < -0.39 is 12.1 Å². The number of benzene rings is 2. The Hall–Kier alpha value is -2.69. The molecule has 0 fully saturated rings. The third kappa shape index (κ3) is 4.15. The smallest absolute Gasteiger partial charge is 0.344 e. The summed E-state index contributed by atoms with van der Waals surface area (Å²) in [6.07, 6.45) is 0.749. The van der Waals surface area contributed by atoms with Crippen molar-refractivity contribution >= 4 is 17.9 Å². The highest BCUT2D eigenvalue weighted by Crippen LogP contribution is 2.17. The van der Waals surface area contributed by atoms with Gasteiger partial charge < -0.3 is 9.84 Å². The van der Waals surface area contributed by atoms with Crippen LogP contribution in [0.15, 0.2) is 47.5 Å². The molecule has 1 atom stereocenters. The number of nitrogens with zero attached hydrogens (tertiary/aromatic N) is 1. The summed E-state index contributed by atoms with van der Waals surface area (Å²) < 4.78 is 18.4. The zero-order chi connectivity index (χ0) is 16.1. The van der Waals surface area contributed by atoms with E-state index in [2.05, 4.69) is 4.99 Å². The molecule has 0 saturated heterocycles. The first-order valence-corrected chi connectivity index (χ1v) is 6.75. The first-order chi connectivity index (χ1) is 10.5. The lowest BCUT2D eigenvalue weighted by Crippen LogP contribution is -2.22. The summed E-state index contributed by atoms with van der Waals surface area (Å²) in [6, 6.07) is 11.5. The first-order valence-electron chi connectivity index (χ1n) is 6.75. The minimum absolute atomic E-state index is 0.256. The topological polar surface area (TPSA) is 58.9 Å². The molecule has 0 aliphatic rings. The van der Waals surface area contributed by atoms with Gasteiger partial charge in [0.05, 0.1) is 5.69 Å². The van der Waals surface area contributed by atoms with Crippen molar-refractivity contribution in [2.24, 2.45) is 4.99 Å². The number of aryl methyl sites for hydroxylation is 1. The second kappa shape index (κ2) is 6.85. The van der Waals surface area contributed by atoms with E-state index in [4.69, 9.17) is 9.84 Å². The molecule has 0 amide bonds. The quantitative estimate of drug-likeness (QED) is 0.856. The predicted octanol–water partition coefficient (Wildman–Crippen LogP) is 3.74. The van der Waals surface area contributed by atoms with Crippen molar-refractivity contribution in [2.75, 3.05) is 0 Å². The van der Waals surface area contributed by atoms with Crippen LogP contribution in [0.3, 0.4) is 0 Å². The minimum Gasteiger partial charge on any atom is -0.479 e. The van der Waals surface area contributed by atoms with Gasteiger partial charge in [-0.3, -0.25) is 4.99 Å². The molecule has 114 valence electrons. The monoisotopic (exact) mass is 301 g/mol. The van der Waals surface area contributed by atoms with Gasteiger partial charge in [-0.2, -0.15) is 0 Å². The van der Waals surface area contributed by atoms with Crippen LogP contribution >= 0.6 is 0 Å². The molecular formula is C17H16FNO3. The van der Waals surface area contributed by atoms with Gasteiger partial charge in [0.1, 0.15) is 11.6 Å². The van der Waals surface area contributed by atoms with Crippen LogP contribution in [-0.4, -0.2) is 23.4 Å². The van der Waals surface area contributed by atoms with Gasteiger partial charge in [0.2, 0.25) is 0 Å². The molecule has 0 heterocycles. The first kappa shape index (κ1) is 15.7. The Labute approximate surface area is 127 Å². The summed E-state index contributed by atoms with van der Waals surface area (Å²) >= 11 is 0. The molecule has 4 nitrogen and oxygen atoms in total. The van der Waals surface area contributed by atoms with Crippen LogP contribution in [0.25, 0.3) is 0 Å². The highest BCUT2D eigenvalue weighted by atomic mass is 19.1. The second-order valence-electron chi connectivity index (χ2n) is 4.86. The van der Waals surface area contributed by atoms with E-state index in [1.54, 1.807) is 49.5 Å². The van der Waals surface area contributed by atoms with Crippen LogP contribution in [0.4, 0.5) is 10.1 Å². The molecule has 2 aromatic rings. The van der Waals surface area contributed by atoms with Crippen molar-refractivity contribution in [1.82, 2.24) is 0 Å². The number of hydrogen-bond acceptors (Lipinski definition) is 3. The van der Waals surface area contributed by atoms with Crippen molar-refractivity contribution < 1.29 is 19.0 Å². The maximum absolute atomic E-state index is 13.2. The number of hydrogen-bond donors (Lipinski definition) is 1. The van der Waals surface area contributed by atoms with Gasteiger partial charge in [0, 0.05) is 6.21 Å². The summed E-state index contributed by atoms with van der Waals surface area (Å²) in [4.78, 5) is 15.0. The van der Waals surface area contributed by atoms with Gasteiger partial charge in [0.15, 0.2) is 6.10 Å². The number of carboxylic acid groups (broad SMARTS) is 1. The number of ether oxygens (including phenoxy) is 1. The molecule has 2 aromatic carbocycles. The number of rotatable bonds is 5. The van der Waals surface area contributed by atoms with E-state index in [0.29, 0.717) is 17.0 Å². The van der Waals surface area contributed by atoms with Crippen LogP contribution < -0.4 is 4.74 Å². The standard InChI is InChI=1S/C17H16FNO3/c1-11-9-14(5-8-16(11)18)19-10-13-3-6-15(7-4-13)22-12(2)17(20)21/h3-10,12H,1-2H3,(H,20,21)/t12-/m1/s1. The van der Waals surface area contributed by atoms with Gasteiger partial charge >= 0.3 is 5.97 Å². The van der Waals surface area contributed by atoms with Crippen LogP contribution in [0.2, 0.25) is 0 Å². The molecule has 0 aromatic heterocycles. The van der Waals surface area contributed by atoms with E-state index in [1.807, 2.05) is 0 Å². The fourth-order valence-corrected chi connectivity index (χ4v) is 1.75. The van der Waals surface area contributed by atoms with Crippen LogP contribution in [-0.2, 0) is 4.79 Å². The largest absolute Gasteiger partial charge is 0.479 e. The highest BCUT2D eigenvalue weighted by molar-refractivity contribution is 5.82. The molecule has 0 saturated carbocycles. The summed E-state index contributed by atoms with van der Waals surface area (Å²) in [5.74, 6) is -0.796. The molecule has 0 bridgehead atoms. The van der Waals surface area contributed by atoms with Crippen molar-refractivity contribution in [3.8, 4) is 5.75 Å². The van der Waals surface area contributed by atoms with E-state index in [9.17, 15) is 9.18 Å². The average Bonchev–Trinajstić information content (AvgIpc) is 2.49. The Balaban J connectivity index is 2.05. The number of halogens is 1. The van der Waals surface area contributed by atoms with Gasteiger partial charge in [-0.1, -0.05) is 0 Å². The van der Waals surface area contributed by atoms with Crippen LogP contribution in [0, 0.1) is 12.7 Å². The normalized spacial score (nSPS) is 12.3. The molecule has 0 radical (unpaired) electrons. The predicted molar refractivity (Wildman–Crippen MR) is 82.6 cm³/mol. The fraction of sp³-hybridized carbons (Fsp3) is 0.176. The lowest BCUT2D eigenvalue weighted by molar-refractivity contribution is -0.144. The number of aliphatic imine (C=N–C) groups is 1. The zero-order valence-corrected chi connectivity index (χ0v) is 12.3. The van der Waals surface area contributed by atoms with Crippen molar-refractivity contribution in [3.05, 3.63) is 59.4 Å². The Bertz CT molecular complexity index is 696. The van der Waals surface area contributed by atoms with Crippen LogP contribution in [0.1, 0.15) is 18.1 Å². The molecular weight excluding hydrogens is 285 g/mol. The van der Waals surface area contributed by atoms with Gasteiger partial charge in [-0.05, 0) is 67.4 Å². The summed E-state index contributed by atoms with van der Waals surface area (Å²) in [5.41, 5.74) is 2.04. The van der Waals surface area contributed by atoms with E-state index in [-0.39, 0.29) is 5.82 Å². The zero-order valence-electron chi connectivity index (χ0n) is 12.3. The third-order valence-electron chi connectivity index (χ3n) is 3.04. The maximum Gasteiger partial charge on any atom is 0.344 e. The molecule has 0 unspecified atom stereocenters. The average molecular weight is 301 g/mol. The lowest BCUT2D eigenvalue weighted by Gasteiger charge is -2.09. The summed E-state index contributed by atoms with van der Waals surface area (Å²) in [7, 11) is 0. The van der Waals surface area contributed by atoms with Crippen molar-refractivity contribution in [3.63, 3.8) is 0 Å². The van der Waals surface area contributed by atoms with E-state index in [0.717, 1.165) is 5.56 Å². The molecule has 0 spiro atoms. The van der Waals surface area contributed by atoms with Crippen molar-refractivity contribution in [1.29, 1.82) is 0 Å². The Kier molecular flexibility index (Phi) is 4.88. The maximum atomic E-state index is 13.2. The summed E-state index contributed by atoms with van der Waals surface area (Å²) in [5, 5.41) is 8.78. The molecule has 2 rings (SSSR count). The molecule has 22 heavy (non-hydrogen) atoms. The Morgan fingerprint density at radius 3 is 2.55 bits per heavy atom. The van der Waals surface area contributed by atoms with Crippen LogP contribution in [0.5, 0.6) is 5.75 Å². The van der Waals surface area contributed by atoms with Gasteiger partial charge in [0.25, 0.3) is 0 Å². The minimum atomic E-state index is -1.02. The SMILES string of the molecule is Cc1cc(N=Cc2ccc(O[C@H](C)C(=O)O)cc2)ccc1F. The Morgan fingerprint density at radius 1 is 1.27 bits per heavy atom. The van der Waals surface area contributed by atoms with Gasteiger partial charge in [-0.25, -0.2) is 9.18 Å². The van der Waals surface area contributed by atoms with Crippen molar-refractivity contribution in [2.45, 2.75) is 20.0 Å². The highest BCUT2D eigenvalue weighted by Gasteiger charge is 2.11. The summed E-state index contributed by atoms with van der Waals surface area (Å²) in [6.45, 7) is 3.15. The molecule has 0 aliphatic carbocycles. The van der Waals surface area contributed by atoms with Gasteiger partial charge in [-0.15, -0.1) is 0 Å². The molecule has 0 aliphatic heterocycles. The number of carbonyl (C=O) groups is 1. The number of carboxylic acids is 1. The molecule has 5 heteroatoms. The number of aliphatic carboxylic acids is 1. The van der Waals surface area contributed by atoms with E-state index in [1.165, 1.54) is 13.0 Å². The fourth-order valence-electron chi connectivity index (χ4n) is 1.75. The third-order valence-corrected chi connectivity index (χ3v) is 3.04. The Morgan fingerprint density at radius 2 is 1.95 bits per heavy atom. The lowest BCUT2D eigenvalue weighted by atomic mass is 10.2. The molecule has 1 N–H and O–H groups in total. The second-order valence-corrected chi connectivity index (χ2v) is 4.86.